The Bertz CT molecular complexity index is 915. The SMILES string of the molecule is Cc1nn(-c2ccc(F)cc2)c(C)c1CC(=O)N[C@@H]1C[C@H]2CC[C@@]1(C)C2(C)C. The Morgan fingerprint density at radius 1 is 1.25 bits per heavy atom. The first-order chi connectivity index (χ1) is 13.1. The van der Waals surface area contributed by atoms with Gasteiger partial charge in [0.1, 0.15) is 5.82 Å². The van der Waals surface area contributed by atoms with Crippen LogP contribution in [0.4, 0.5) is 4.39 Å². The second-order valence-corrected chi connectivity index (χ2v) is 9.44. The summed E-state index contributed by atoms with van der Waals surface area (Å²) in [7, 11) is 0. The lowest BCUT2D eigenvalue weighted by molar-refractivity contribution is -0.122. The molecule has 0 unspecified atom stereocenters. The van der Waals surface area contributed by atoms with Gasteiger partial charge < -0.3 is 5.32 Å². The molecule has 0 aliphatic heterocycles. The van der Waals surface area contributed by atoms with Crippen LogP contribution < -0.4 is 5.32 Å². The molecular formula is C23H30FN3O. The summed E-state index contributed by atoms with van der Waals surface area (Å²) in [6.07, 6.45) is 3.88. The third-order valence-electron chi connectivity index (χ3n) is 7.98. The zero-order valence-electron chi connectivity index (χ0n) is 17.5. The van der Waals surface area contributed by atoms with E-state index in [9.17, 15) is 9.18 Å². The molecule has 5 heteroatoms. The van der Waals surface area contributed by atoms with E-state index in [0.29, 0.717) is 12.3 Å². The van der Waals surface area contributed by atoms with Crippen LogP contribution >= 0.6 is 0 Å². The van der Waals surface area contributed by atoms with Crippen LogP contribution in [0, 0.1) is 36.4 Å². The van der Waals surface area contributed by atoms with E-state index in [1.165, 1.54) is 25.0 Å². The molecule has 0 spiro atoms. The van der Waals surface area contributed by atoms with Gasteiger partial charge in [-0.25, -0.2) is 9.07 Å². The van der Waals surface area contributed by atoms with E-state index in [1.807, 2.05) is 13.8 Å². The standard InChI is InChI=1S/C23H30FN3O/c1-14-19(15(2)27(26-14)18-8-6-17(24)7-9-18)13-21(28)25-20-12-16-10-11-23(20,5)22(16,3)4/h6-9,16,20H,10-13H2,1-5H3,(H,25,28)/t16-,20-,23-/m1/s1. The van der Waals surface area contributed by atoms with Crippen molar-refractivity contribution in [3.8, 4) is 5.69 Å². The molecule has 1 aromatic carbocycles. The highest BCUT2D eigenvalue weighted by Crippen LogP contribution is 2.65. The minimum Gasteiger partial charge on any atom is -0.353 e. The molecule has 1 heterocycles. The van der Waals surface area contributed by atoms with Gasteiger partial charge in [-0.15, -0.1) is 0 Å². The van der Waals surface area contributed by atoms with Crippen molar-refractivity contribution in [1.29, 1.82) is 0 Å². The predicted octanol–water partition coefficient (Wildman–Crippen LogP) is 4.50. The summed E-state index contributed by atoms with van der Waals surface area (Å²) in [5.74, 6) is 0.499. The Morgan fingerprint density at radius 2 is 1.93 bits per heavy atom. The Hall–Kier alpha value is -2.17. The molecule has 4 nitrogen and oxygen atoms in total. The van der Waals surface area contributed by atoms with Crippen LogP contribution in [0.1, 0.15) is 57.0 Å². The second kappa shape index (κ2) is 6.43. The van der Waals surface area contributed by atoms with E-state index in [2.05, 4.69) is 31.2 Å². The van der Waals surface area contributed by atoms with Gasteiger partial charge in [0, 0.05) is 17.3 Å². The van der Waals surface area contributed by atoms with Crippen molar-refractivity contribution in [2.24, 2.45) is 16.7 Å². The number of carbonyl (C=O) groups excluding carboxylic acids is 1. The maximum Gasteiger partial charge on any atom is 0.224 e. The van der Waals surface area contributed by atoms with Gasteiger partial charge in [-0.05, 0) is 74.1 Å². The van der Waals surface area contributed by atoms with Crippen LogP contribution in [-0.4, -0.2) is 21.7 Å². The molecule has 150 valence electrons. The van der Waals surface area contributed by atoms with Crippen LogP contribution in [0.2, 0.25) is 0 Å². The number of hydrogen-bond acceptors (Lipinski definition) is 2. The number of aromatic nitrogens is 2. The van der Waals surface area contributed by atoms with Crippen LogP contribution in [0.15, 0.2) is 24.3 Å². The zero-order chi connectivity index (χ0) is 20.3. The fraction of sp³-hybridized carbons (Fsp3) is 0.565. The highest BCUT2D eigenvalue weighted by atomic mass is 19.1. The normalized spacial score (nSPS) is 27.9. The molecule has 28 heavy (non-hydrogen) atoms. The maximum atomic E-state index is 13.2. The number of nitrogens with one attached hydrogen (secondary N) is 1. The number of carbonyl (C=O) groups is 1. The summed E-state index contributed by atoms with van der Waals surface area (Å²) in [4.78, 5) is 12.9. The van der Waals surface area contributed by atoms with Gasteiger partial charge in [-0.3, -0.25) is 4.79 Å². The van der Waals surface area contributed by atoms with Gasteiger partial charge in [0.2, 0.25) is 5.91 Å². The number of nitrogens with zero attached hydrogens (tertiary/aromatic N) is 2. The van der Waals surface area contributed by atoms with Crippen molar-refractivity contribution in [1.82, 2.24) is 15.1 Å². The van der Waals surface area contributed by atoms with E-state index in [4.69, 9.17) is 0 Å². The van der Waals surface area contributed by atoms with Crippen LogP contribution in [-0.2, 0) is 11.2 Å². The largest absolute Gasteiger partial charge is 0.353 e. The average molecular weight is 384 g/mol. The van der Waals surface area contributed by atoms with Crippen molar-refractivity contribution in [3.05, 3.63) is 47.0 Å². The van der Waals surface area contributed by atoms with Gasteiger partial charge in [-0.1, -0.05) is 20.8 Å². The number of halogens is 1. The Morgan fingerprint density at radius 3 is 2.50 bits per heavy atom. The topological polar surface area (TPSA) is 46.9 Å². The lowest BCUT2D eigenvalue weighted by Crippen LogP contribution is -2.47. The van der Waals surface area contributed by atoms with Gasteiger partial charge in [0.05, 0.1) is 17.8 Å². The molecule has 2 bridgehead atoms. The summed E-state index contributed by atoms with van der Waals surface area (Å²) in [6.45, 7) is 11.0. The molecule has 1 amide bonds. The summed E-state index contributed by atoms with van der Waals surface area (Å²) >= 11 is 0. The summed E-state index contributed by atoms with van der Waals surface area (Å²) in [5, 5.41) is 7.92. The highest BCUT2D eigenvalue weighted by molar-refractivity contribution is 5.79. The summed E-state index contributed by atoms with van der Waals surface area (Å²) in [5.41, 5.74) is 3.99. The molecule has 0 radical (unpaired) electrons. The van der Waals surface area contributed by atoms with Crippen LogP contribution in [0.3, 0.4) is 0 Å². The van der Waals surface area contributed by atoms with Gasteiger partial charge in [0.25, 0.3) is 0 Å². The Kier molecular flexibility index (Phi) is 4.40. The van der Waals surface area contributed by atoms with E-state index >= 15 is 0 Å². The fourth-order valence-corrected chi connectivity index (χ4v) is 5.59. The number of benzene rings is 1. The Labute approximate surface area is 166 Å². The molecule has 2 aliphatic rings. The highest BCUT2D eigenvalue weighted by Gasteiger charge is 2.61. The van der Waals surface area contributed by atoms with E-state index in [-0.39, 0.29) is 28.6 Å². The smallest absolute Gasteiger partial charge is 0.224 e. The number of fused-ring (bicyclic) bond motifs is 2. The van der Waals surface area contributed by atoms with Gasteiger partial charge in [0.15, 0.2) is 0 Å². The Balaban J connectivity index is 1.51. The van der Waals surface area contributed by atoms with E-state index in [0.717, 1.165) is 29.1 Å². The molecular weight excluding hydrogens is 353 g/mol. The average Bonchev–Trinajstić information content (AvgIpc) is 3.11. The molecule has 1 N–H and O–H groups in total. The first-order valence-electron chi connectivity index (χ1n) is 10.2. The number of amides is 1. The molecule has 2 aromatic rings. The first-order valence-corrected chi connectivity index (χ1v) is 10.2. The minimum atomic E-state index is -0.271. The fourth-order valence-electron chi connectivity index (χ4n) is 5.59. The summed E-state index contributed by atoms with van der Waals surface area (Å²) in [6, 6.07) is 6.51. The molecule has 0 saturated heterocycles. The molecule has 2 aliphatic carbocycles. The van der Waals surface area contributed by atoms with Crippen molar-refractivity contribution < 1.29 is 9.18 Å². The maximum absolute atomic E-state index is 13.2. The molecule has 1 aromatic heterocycles. The summed E-state index contributed by atoms with van der Waals surface area (Å²) < 4.78 is 15.0. The molecule has 2 fully saturated rings. The first kappa shape index (κ1) is 19.2. The number of hydrogen-bond donors (Lipinski definition) is 1. The lowest BCUT2D eigenvalue weighted by atomic mass is 9.69. The van der Waals surface area contributed by atoms with E-state index in [1.54, 1.807) is 16.8 Å². The van der Waals surface area contributed by atoms with Crippen molar-refractivity contribution in [3.63, 3.8) is 0 Å². The van der Waals surface area contributed by atoms with Crippen molar-refractivity contribution in [2.45, 2.75) is 66.3 Å². The van der Waals surface area contributed by atoms with Gasteiger partial charge >= 0.3 is 0 Å². The monoisotopic (exact) mass is 383 g/mol. The third kappa shape index (κ3) is 2.78. The second-order valence-electron chi connectivity index (χ2n) is 9.44. The molecule has 4 rings (SSSR count). The third-order valence-corrected chi connectivity index (χ3v) is 7.98. The lowest BCUT2D eigenvalue weighted by Gasteiger charge is -2.39. The minimum absolute atomic E-state index is 0.0689. The van der Waals surface area contributed by atoms with Crippen LogP contribution in [0.25, 0.3) is 5.69 Å². The quantitative estimate of drug-likeness (QED) is 0.845. The number of rotatable bonds is 4. The van der Waals surface area contributed by atoms with E-state index < -0.39 is 0 Å². The predicted molar refractivity (Wildman–Crippen MR) is 108 cm³/mol. The number of aryl methyl sites for hydroxylation is 1. The van der Waals surface area contributed by atoms with Gasteiger partial charge in [-0.2, -0.15) is 5.10 Å². The molecule has 3 atom stereocenters. The molecule has 2 saturated carbocycles. The zero-order valence-corrected chi connectivity index (χ0v) is 17.5. The van der Waals surface area contributed by atoms with Crippen molar-refractivity contribution >= 4 is 5.91 Å². The van der Waals surface area contributed by atoms with Crippen molar-refractivity contribution in [2.75, 3.05) is 0 Å². The van der Waals surface area contributed by atoms with Crippen LogP contribution in [0.5, 0.6) is 0 Å².